The largest absolute Gasteiger partial charge is 0.397 e. The summed E-state index contributed by atoms with van der Waals surface area (Å²) in [6, 6.07) is 4.32. The highest BCUT2D eigenvalue weighted by atomic mass is 16.6. The number of aldehydes is 2. The zero-order valence-electron chi connectivity index (χ0n) is 9.62. The normalized spacial score (nSPS) is 7.65. The van der Waals surface area contributed by atoms with Crippen LogP contribution in [0, 0.1) is 10.1 Å². The van der Waals surface area contributed by atoms with Crippen LogP contribution in [0.15, 0.2) is 18.2 Å². The van der Waals surface area contributed by atoms with Crippen molar-refractivity contribution in [2.45, 2.75) is 13.8 Å². The molecule has 17 heavy (non-hydrogen) atoms. The number of anilines is 2. The van der Waals surface area contributed by atoms with E-state index in [1.807, 2.05) is 13.8 Å². The molecular weight excluding hydrogens is 226 g/mol. The summed E-state index contributed by atoms with van der Waals surface area (Å²) in [5.41, 5.74) is 10.8. The Kier molecular flexibility index (Phi) is 10.1. The maximum atomic E-state index is 10.2. The predicted octanol–water partition coefficient (Wildman–Crippen LogP) is 1.17. The fourth-order valence-electron chi connectivity index (χ4n) is 0.730. The van der Waals surface area contributed by atoms with Crippen molar-refractivity contribution >= 4 is 29.6 Å². The quantitative estimate of drug-likeness (QED) is 0.263. The summed E-state index contributed by atoms with van der Waals surface area (Å²) < 4.78 is 0. The Morgan fingerprint density at radius 1 is 1.18 bits per heavy atom. The van der Waals surface area contributed by atoms with Crippen molar-refractivity contribution in [3.8, 4) is 0 Å². The van der Waals surface area contributed by atoms with Gasteiger partial charge >= 0.3 is 0 Å². The van der Waals surface area contributed by atoms with Crippen LogP contribution in [-0.4, -0.2) is 17.5 Å². The lowest BCUT2D eigenvalue weighted by atomic mass is 10.2. The first-order valence-corrected chi connectivity index (χ1v) is 4.71. The number of hydrogen-bond acceptors (Lipinski definition) is 6. The van der Waals surface area contributed by atoms with Crippen LogP contribution < -0.4 is 11.5 Å². The first kappa shape index (κ1) is 17.0. The van der Waals surface area contributed by atoms with Crippen LogP contribution in [-0.2, 0) is 9.59 Å². The minimum atomic E-state index is -0.564. The molecule has 0 fully saturated rings. The molecular formula is C10H15N3O4. The Labute approximate surface area is 98.6 Å². The molecule has 94 valence electrons. The van der Waals surface area contributed by atoms with Crippen LogP contribution in [0.25, 0.3) is 0 Å². The summed E-state index contributed by atoms with van der Waals surface area (Å²) in [7, 11) is 0. The number of hydrogen-bond donors (Lipinski definition) is 2. The third-order valence-electron chi connectivity index (χ3n) is 1.37. The van der Waals surface area contributed by atoms with Crippen molar-refractivity contribution in [1.82, 2.24) is 0 Å². The summed E-state index contributed by atoms with van der Waals surface area (Å²) in [6.07, 6.45) is 0.389. The first-order valence-electron chi connectivity index (χ1n) is 4.71. The predicted molar refractivity (Wildman–Crippen MR) is 65.4 cm³/mol. The molecule has 0 unspecified atom stereocenters. The Morgan fingerprint density at radius 3 is 1.94 bits per heavy atom. The van der Waals surface area contributed by atoms with Gasteiger partial charge < -0.3 is 11.5 Å². The lowest BCUT2D eigenvalue weighted by Crippen LogP contribution is -1.99. The number of carbonyl (C=O) groups is 2. The maximum Gasteiger partial charge on any atom is 0.294 e. The van der Waals surface area contributed by atoms with Crippen molar-refractivity contribution < 1.29 is 14.5 Å². The lowest BCUT2D eigenvalue weighted by molar-refractivity contribution is -0.383. The van der Waals surface area contributed by atoms with Crippen LogP contribution in [0.3, 0.4) is 0 Å². The van der Waals surface area contributed by atoms with Crippen molar-refractivity contribution in [2.24, 2.45) is 0 Å². The molecule has 0 atom stereocenters. The minimum Gasteiger partial charge on any atom is -0.397 e. The van der Waals surface area contributed by atoms with Gasteiger partial charge in [0.15, 0.2) is 12.6 Å². The standard InChI is InChI=1S/C6H7N3O2.C2H2O2.C2H6/c7-4-2-1-3-5(6(4)8)9(10)11;3-1-2-4;1-2/h1-3H,7-8H2;1-2H;1-2H3. The first-order chi connectivity index (χ1) is 8.04. The Balaban J connectivity index is 0. The average Bonchev–Trinajstić information content (AvgIpc) is 2.35. The van der Waals surface area contributed by atoms with Crippen molar-refractivity contribution in [3.63, 3.8) is 0 Å². The molecule has 0 aliphatic rings. The molecule has 0 aliphatic carbocycles. The van der Waals surface area contributed by atoms with E-state index in [0.717, 1.165) is 0 Å². The van der Waals surface area contributed by atoms with Crippen LogP contribution in [0.5, 0.6) is 0 Å². The van der Waals surface area contributed by atoms with Gasteiger partial charge in [-0.05, 0) is 6.07 Å². The van der Waals surface area contributed by atoms with Gasteiger partial charge in [0.25, 0.3) is 5.69 Å². The average molecular weight is 241 g/mol. The number of para-hydroxylation sites is 1. The van der Waals surface area contributed by atoms with E-state index in [0.29, 0.717) is 0 Å². The molecule has 1 aromatic rings. The van der Waals surface area contributed by atoms with Gasteiger partial charge in [0.1, 0.15) is 5.69 Å². The minimum absolute atomic E-state index is 0.0255. The lowest BCUT2D eigenvalue weighted by Gasteiger charge is -1.98. The zero-order valence-corrected chi connectivity index (χ0v) is 9.62. The van der Waals surface area contributed by atoms with Gasteiger partial charge in [0, 0.05) is 6.07 Å². The monoisotopic (exact) mass is 241 g/mol. The second-order valence-corrected chi connectivity index (χ2v) is 2.31. The Morgan fingerprint density at radius 2 is 1.65 bits per heavy atom. The molecule has 0 saturated carbocycles. The third-order valence-corrected chi connectivity index (χ3v) is 1.37. The van der Waals surface area contributed by atoms with E-state index < -0.39 is 4.92 Å². The van der Waals surface area contributed by atoms with E-state index in [9.17, 15) is 10.1 Å². The number of rotatable bonds is 2. The number of nitro benzene ring substituents is 1. The van der Waals surface area contributed by atoms with Gasteiger partial charge in [-0.1, -0.05) is 19.9 Å². The highest BCUT2D eigenvalue weighted by Crippen LogP contribution is 2.25. The topological polar surface area (TPSA) is 129 Å². The van der Waals surface area contributed by atoms with Crippen molar-refractivity contribution in [2.75, 3.05) is 11.5 Å². The molecule has 4 N–H and O–H groups in total. The number of nitrogens with zero attached hydrogens (tertiary/aromatic N) is 1. The van der Waals surface area contributed by atoms with Gasteiger partial charge in [-0.2, -0.15) is 0 Å². The molecule has 0 spiro atoms. The Bertz CT molecular complexity index is 374. The summed E-state index contributed by atoms with van der Waals surface area (Å²) >= 11 is 0. The number of carbonyl (C=O) groups excluding carboxylic acids is 2. The highest BCUT2D eigenvalue weighted by Gasteiger charge is 2.11. The van der Waals surface area contributed by atoms with Gasteiger partial charge in [-0.25, -0.2) is 0 Å². The molecule has 0 aliphatic heterocycles. The van der Waals surface area contributed by atoms with E-state index in [1.54, 1.807) is 0 Å². The summed E-state index contributed by atoms with van der Waals surface area (Å²) in [5.74, 6) is 0. The van der Waals surface area contributed by atoms with E-state index in [-0.39, 0.29) is 29.6 Å². The highest BCUT2D eigenvalue weighted by molar-refractivity contribution is 6.09. The maximum absolute atomic E-state index is 10.2. The number of nitrogens with two attached hydrogens (primary N) is 2. The number of nitrogen functional groups attached to an aromatic ring is 2. The summed E-state index contributed by atoms with van der Waals surface area (Å²) in [4.78, 5) is 27.3. The van der Waals surface area contributed by atoms with E-state index in [1.165, 1.54) is 18.2 Å². The zero-order chi connectivity index (χ0) is 13.8. The smallest absolute Gasteiger partial charge is 0.294 e. The summed E-state index contributed by atoms with van der Waals surface area (Å²) in [5, 5.41) is 10.2. The second kappa shape index (κ2) is 10.1. The molecule has 0 heterocycles. The molecule has 1 rings (SSSR count). The fourth-order valence-corrected chi connectivity index (χ4v) is 0.730. The second-order valence-electron chi connectivity index (χ2n) is 2.31. The van der Waals surface area contributed by atoms with Crippen LogP contribution in [0.1, 0.15) is 13.8 Å². The van der Waals surface area contributed by atoms with Crippen LogP contribution >= 0.6 is 0 Å². The molecule has 0 aromatic heterocycles. The molecule has 7 heteroatoms. The van der Waals surface area contributed by atoms with Gasteiger partial charge in [0.05, 0.1) is 10.6 Å². The molecule has 0 radical (unpaired) electrons. The molecule has 0 saturated heterocycles. The van der Waals surface area contributed by atoms with Crippen LogP contribution in [0.2, 0.25) is 0 Å². The fraction of sp³-hybridized carbons (Fsp3) is 0.200. The number of nitro groups is 1. The van der Waals surface area contributed by atoms with E-state index in [2.05, 4.69) is 0 Å². The number of benzene rings is 1. The van der Waals surface area contributed by atoms with E-state index >= 15 is 0 Å². The van der Waals surface area contributed by atoms with Crippen molar-refractivity contribution in [3.05, 3.63) is 28.3 Å². The molecule has 0 amide bonds. The third kappa shape index (κ3) is 6.61. The molecule has 7 nitrogen and oxygen atoms in total. The van der Waals surface area contributed by atoms with Crippen molar-refractivity contribution in [1.29, 1.82) is 0 Å². The van der Waals surface area contributed by atoms with Gasteiger partial charge in [-0.3, -0.25) is 19.7 Å². The Hall–Kier alpha value is -2.44. The SMILES string of the molecule is CC.Nc1cccc([N+](=O)[O-])c1N.O=CC=O. The molecule has 1 aromatic carbocycles. The van der Waals surface area contributed by atoms with E-state index in [4.69, 9.17) is 21.1 Å². The van der Waals surface area contributed by atoms with Gasteiger partial charge in [-0.15, -0.1) is 0 Å². The van der Waals surface area contributed by atoms with Gasteiger partial charge in [0.2, 0.25) is 0 Å². The van der Waals surface area contributed by atoms with Crippen LogP contribution in [0.4, 0.5) is 17.1 Å². The summed E-state index contributed by atoms with van der Waals surface area (Å²) in [6.45, 7) is 4.00. The molecule has 0 bridgehead atoms.